The van der Waals surface area contributed by atoms with E-state index in [1.54, 1.807) is 43.4 Å². The number of hydrogen-bond donors (Lipinski definition) is 1. The Balaban J connectivity index is 1.46. The molecule has 0 atom stereocenters. The van der Waals surface area contributed by atoms with Crippen molar-refractivity contribution in [3.8, 4) is 23.0 Å². The fraction of sp³-hybridized carbons (Fsp3) is 0.0870. The number of aromatic nitrogens is 3. The normalized spacial score (nSPS) is 10.9. The Labute approximate surface area is 187 Å². The van der Waals surface area contributed by atoms with Gasteiger partial charge in [0, 0.05) is 40.8 Å². The monoisotopic (exact) mass is 446 g/mol. The number of anilines is 1. The van der Waals surface area contributed by atoms with Crippen LogP contribution in [-0.4, -0.2) is 34.8 Å². The summed E-state index contributed by atoms with van der Waals surface area (Å²) in [6, 6.07) is 12.6. The highest BCUT2D eigenvalue weighted by Crippen LogP contribution is 2.37. The van der Waals surface area contributed by atoms with E-state index in [1.165, 1.54) is 11.3 Å². The van der Waals surface area contributed by atoms with E-state index in [0.29, 0.717) is 28.1 Å². The first-order valence-corrected chi connectivity index (χ1v) is 10.5. The lowest BCUT2D eigenvalue weighted by Gasteiger charge is -2.12. The molecule has 160 valence electrons. The molecular weight excluding hydrogens is 428 g/mol. The van der Waals surface area contributed by atoms with Crippen LogP contribution in [0, 0.1) is 0 Å². The maximum Gasteiger partial charge on any atom is 0.332 e. The number of nitrogens with one attached hydrogen (secondary N) is 1. The number of pyridine rings is 1. The number of rotatable bonds is 5. The Hall–Kier alpha value is -4.11. The molecule has 9 heteroatoms. The molecule has 0 spiro atoms. The third kappa shape index (κ3) is 3.58. The first kappa shape index (κ1) is 19.8. The average Bonchev–Trinajstić information content (AvgIpc) is 3.48. The SMILES string of the molecule is COc1cc2nccc(Oc3ccc4c(ccn4C(=O)Nc4nccs4)c3)c2cc1OC. The minimum absolute atomic E-state index is 0.273. The van der Waals surface area contributed by atoms with Gasteiger partial charge in [0.05, 0.1) is 25.3 Å². The molecular formula is C23H18N4O4S. The van der Waals surface area contributed by atoms with E-state index in [9.17, 15) is 4.79 Å². The number of carbonyl (C=O) groups excluding carboxylic acids is 1. The summed E-state index contributed by atoms with van der Waals surface area (Å²) in [5.74, 6) is 2.47. The van der Waals surface area contributed by atoms with E-state index in [0.717, 1.165) is 21.8 Å². The van der Waals surface area contributed by atoms with Crippen LogP contribution in [-0.2, 0) is 0 Å². The summed E-state index contributed by atoms with van der Waals surface area (Å²) in [7, 11) is 3.17. The van der Waals surface area contributed by atoms with Crippen molar-refractivity contribution in [2.24, 2.45) is 0 Å². The molecule has 3 heterocycles. The predicted octanol–water partition coefficient (Wildman–Crippen LogP) is 5.54. The summed E-state index contributed by atoms with van der Waals surface area (Å²) in [6.45, 7) is 0. The highest BCUT2D eigenvalue weighted by molar-refractivity contribution is 7.13. The van der Waals surface area contributed by atoms with Crippen molar-refractivity contribution in [1.29, 1.82) is 0 Å². The van der Waals surface area contributed by atoms with E-state index in [4.69, 9.17) is 14.2 Å². The zero-order chi connectivity index (χ0) is 22.1. The average molecular weight is 446 g/mol. The molecule has 0 saturated heterocycles. The van der Waals surface area contributed by atoms with Crippen LogP contribution in [0.2, 0.25) is 0 Å². The molecule has 0 radical (unpaired) electrons. The summed E-state index contributed by atoms with van der Waals surface area (Å²) in [5, 5.41) is 6.81. The number of carbonyl (C=O) groups is 1. The third-order valence-electron chi connectivity index (χ3n) is 4.96. The van der Waals surface area contributed by atoms with Crippen LogP contribution in [0.5, 0.6) is 23.0 Å². The molecule has 0 unspecified atom stereocenters. The Kier molecular flexibility index (Phi) is 5.08. The number of thiazole rings is 1. The summed E-state index contributed by atoms with van der Waals surface area (Å²) >= 11 is 1.37. The van der Waals surface area contributed by atoms with E-state index in [1.807, 2.05) is 41.8 Å². The first-order valence-electron chi connectivity index (χ1n) is 9.67. The predicted molar refractivity (Wildman–Crippen MR) is 123 cm³/mol. The highest BCUT2D eigenvalue weighted by atomic mass is 32.1. The van der Waals surface area contributed by atoms with Crippen LogP contribution in [0.4, 0.5) is 9.93 Å². The Morgan fingerprint density at radius 1 is 0.969 bits per heavy atom. The molecule has 0 bridgehead atoms. The quantitative estimate of drug-likeness (QED) is 0.382. The molecule has 3 aromatic heterocycles. The second-order valence-corrected chi connectivity index (χ2v) is 7.70. The highest BCUT2D eigenvalue weighted by Gasteiger charge is 2.13. The van der Waals surface area contributed by atoms with Gasteiger partial charge in [-0.25, -0.2) is 9.78 Å². The first-order chi connectivity index (χ1) is 15.7. The number of ether oxygens (including phenoxy) is 3. The van der Waals surface area contributed by atoms with Crippen LogP contribution in [0.15, 0.2) is 66.4 Å². The minimum Gasteiger partial charge on any atom is -0.493 e. The molecule has 0 aliphatic rings. The van der Waals surface area contributed by atoms with Gasteiger partial charge in [-0.3, -0.25) is 14.9 Å². The fourth-order valence-electron chi connectivity index (χ4n) is 3.46. The van der Waals surface area contributed by atoms with Gasteiger partial charge in [-0.15, -0.1) is 11.3 Å². The number of benzene rings is 2. The zero-order valence-electron chi connectivity index (χ0n) is 17.2. The van der Waals surface area contributed by atoms with Crippen molar-refractivity contribution in [2.75, 3.05) is 19.5 Å². The maximum atomic E-state index is 12.6. The molecule has 0 aliphatic heterocycles. The molecule has 0 saturated carbocycles. The van der Waals surface area contributed by atoms with Gasteiger partial charge in [0.2, 0.25) is 0 Å². The van der Waals surface area contributed by atoms with Crippen molar-refractivity contribution in [2.45, 2.75) is 0 Å². The molecule has 8 nitrogen and oxygen atoms in total. The summed E-state index contributed by atoms with van der Waals surface area (Å²) in [5.41, 5.74) is 1.49. The van der Waals surface area contributed by atoms with Gasteiger partial charge in [0.15, 0.2) is 16.6 Å². The maximum absolute atomic E-state index is 12.6. The topological polar surface area (TPSA) is 87.5 Å². The van der Waals surface area contributed by atoms with Gasteiger partial charge >= 0.3 is 6.03 Å². The minimum atomic E-state index is -0.273. The molecule has 0 aliphatic carbocycles. The summed E-state index contributed by atoms with van der Waals surface area (Å²) in [6.07, 6.45) is 5.05. The van der Waals surface area contributed by atoms with E-state index in [2.05, 4.69) is 15.3 Å². The number of methoxy groups -OCH3 is 2. The molecule has 5 aromatic rings. The fourth-order valence-corrected chi connectivity index (χ4v) is 3.98. The molecule has 2 aromatic carbocycles. The van der Waals surface area contributed by atoms with Crippen molar-refractivity contribution < 1.29 is 19.0 Å². The van der Waals surface area contributed by atoms with Crippen molar-refractivity contribution in [3.05, 3.63) is 66.4 Å². The molecule has 1 amide bonds. The van der Waals surface area contributed by atoms with Gasteiger partial charge in [0.25, 0.3) is 0 Å². The van der Waals surface area contributed by atoms with Gasteiger partial charge in [-0.05, 0) is 36.4 Å². The van der Waals surface area contributed by atoms with Crippen LogP contribution in [0.3, 0.4) is 0 Å². The zero-order valence-corrected chi connectivity index (χ0v) is 18.1. The van der Waals surface area contributed by atoms with Gasteiger partial charge in [-0.2, -0.15) is 0 Å². The smallest absolute Gasteiger partial charge is 0.332 e. The Morgan fingerprint density at radius 2 is 1.81 bits per heavy atom. The van der Waals surface area contributed by atoms with Crippen molar-refractivity contribution in [3.63, 3.8) is 0 Å². The largest absolute Gasteiger partial charge is 0.493 e. The van der Waals surface area contributed by atoms with Crippen LogP contribution in [0.1, 0.15) is 0 Å². The van der Waals surface area contributed by atoms with E-state index >= 15 is 0 Å². The standard InChI is InChI=1S/C23H18N4O4S/c1-29-20-12-16-17(13-21(20)30-2)24-7-5-19(16)31-15-3-4-18-14(11-15)6-9-27(18)23(28)26-22-25-8-10-32-22/h3-13H,1-2H3,(H,25,26,28). The second kappa shape index (κ2) is 8.20. The van der Waals surface area contributed by atoms with E-state index < -0.39 is 0 Å². The third-order valence-corrected chi connectivity index (χ3v) is 5.65. The number of hydrogen-bond acceptors (Lipinski definition) is 7. The summed E-state index contributed by atoms with van der Waals surface area (Å²) in [4.78, 5) is 21.1. The van der Waals surface area contributed by atoms with Crippen LogP contribution in [0.25, 0.3) is 21.8 Å². The molecule has 32 heavy (non-hydrogen) atoms. The number of nitrogens with zero attached hydrogens (tertiary/aromatic N) is 3. The van der Waals surface area contributed by atoms with Gasteiger partial charge in [0.1, 0.15) is 11.5 Å². The lowest BCUT2D eigenvalue weighted by molar-refractivity contribution is 0.254. The Morgan fingerprint density at radius 3 is 2.59 bits per heavy atom. The summed E-state index contributed by atoms with van der Waals surface area (Å²) < 4.78 is 18.5. The van der Waals surface area contributed by atoms with Crippen molar-refractivity contribution >= 4 is 44.3 Å². The van der Waals surface area contributed by atoms with Gasteiger partial charge < -0.3 is 14.2 Å². The van der Waals surface area contributed by atoms with Crippen molar-refractivity contribution in [1.82, 2.24) is 14.5 Å². The van der Waals surface area contributed by atoms with Crippen LogP contribution < -0.4 is 19.5 Å². The molecule has 5 rings (SSSR count). The molecule has 1 N–H and O–H groups in total. The lowest BCUT2D eigenvalue weighted by atomic mass is 10.1. The number of fused-ring (bicyclic) bond motifs is 2. The molecule has 0 fully saturated rings. The van der Waals surface area contributed by atoms with E-state index in [-0.39, 0.29) is 6.03 Å². The lowest BCUT2D eigenvalue weighted by Crippen LogP contribution is -2.18. The Bertz CT molecular complexity index is 1430. The second-order valence-electron chi connectivity index (χ2n) is 6.81. The number of amides is 1. The van der Waals surface area contributed by atoms with Gasteiger partial charge in [-0.1, -0.05) is 0 Å². The van der Waals surface area contributed by atoms with Crippen LogP contribution >= 0.6 is 11.3 Å².